The van der Waals surface area contributed by atoms with Crippen molar-refractivity contribution in [3.63, 3.8) is 0 Å². The van der Waals surface area contributed by atoms with Crippen LogP contribution in [0, 0.1) is 0 Å². The normalized spacial score (nSPS) is 10.2. The van der Waals surface area contributed by atoms with Gasteiger partial charge >= 0.3 is 11.9 Å². The minimum absolute atomic E-state index is 0.0740. The van der Waals surface area contributed by atoms with Crippen LogP contribution in [0.1, 0.15) is 39.8 Å². The summed E-state index contributed by atoms with van der Waals surface area (Å²) < 4.78 is 10.2. The summed E-state index contributed by atoms with van der Waals surface area (Å²) >= 11 is 2.40. The third-order valence-electron chi connectivity index (χ3n) is 3.48. The fourth-order valence-electron chi connectivity index (χ4n) is 2.12. The number of hydrogen-bond donors (Lipinski definition) is 1. The van der Waals surface area contributed by atoms with Gasteiger partial charge in [-0.2, -0.15) is 0 Å². The minimum atomic E-state index is -0.712. The minimum Gasteiger partial charge on any atom is -0.462 e. The van der Waals surface area contributed by atoms with Crippen molar-refractivity contribution in [3.05, 3.63) is 52.2 Å². The summed E-state index contributed by atoms with van der Waals surface area (Å²) in [6.45, 7) is 1.80. The fraction of sp³-hybridized carbons (Fsp3) is 0.300. The van der Waals surface area contributed by atoms with E-state index in [1.54, 1.807) is 24.3 Å². The number of ether oxygens (including phenoxy) is 2. The fourth-order valence-corrected chi connectivity index (χ4v) is 3.68. The second-order valence-electron chi connectivity index (χ2n) is 5.75. The number of thioether (sulfide) groups is 1. The number of benzene rings is 1. The van der Waals surface area contributed by atoms with E-state index in [0.717, 1.165) is 11.8 Å². The van der Waals surface area contributed by atoms with E-state index in [4.69, 9.17) is 9.47 Å². The van der Waals surface area contributed by atoms with Crippen molar-refractivity contribution in [1.82, 2.24) is 5.32 Å². The highest BCUT2D eigenvalue weighted by Gasteiger charge is 2.16. The van der Waals surface area contributed by atoms with Gasteiger partial charge in [-0.25, -0.2) is 9.59 Å². The van der Waals surface area contributed by atoms with E-state index in [2.05, 4.69) is 5.32 Å². The average molecular weight is 436 g/mol. The van der Waals surface area contributed by atoms with Crippen LogP contribution in [0.5, 0.6) is 5.75 Å². The second-order valence-corrected chi connectivity index (χ2v) is 7.76. The molecule has 0 saturated carbocycles. The van der Waals surface area contributed by atoms with Gasteiger partial charge in [-0.15, -0.1) is 11.3 Å². The topological polar surface area (TPSA) is 98.8 Å². The molecule has 0 fully saturated rings. The van der Waals surface area contributed by atoms with E-state index in [1.807, 2.05) is 12.3 Å². The molecule has 1 aromatic carbocycles. The van der Waals surface area contributed by atoms with Gasteiger partial charge in [0.05, 0.1) is 11.5 Å². The molecule has 0 aliphatic carbocycles. The van der Waals surface area contributed by atoms with Gasteiger partial charge in [-0.05, 0) is 30.0 Å². The molecule has 1 aromatic heterocycles. The van der Waals surface area contributed by atoms with Crippen LogP contribution in [0.2, 0.25) is 0 Å². The molecule has 1 N–H and O–H groups in total. The highest BCUT2D eigenvalue weighted by atomic mass is 32.2. The van der Waals surface area contributed by atoms with Gasteiger partial charge in [0.1, 0.15) is 17.9 Å². The van der Waals surface area contributed by atoms with Crippen molar-refractivity contribution < 1.29 is 28.7 Å². The second kappa shape index (κ2) is 12.0. The number of thiophene rings is 1. The zero-order valence-corrected chi connectivity index (χ0v) is 17.5. The lowest BCUT2D eigenvalue weighted by Gasteiger charge is -2.10. The Kier molecular flexibility index (Phi) is 9.39. The molecule has 0 atom stereocenters. The highest BCUT2D eigenvalue weighted by Crippen LogP contribution is 2.19. The predicted octanol–water partition coefficient (Wildman–Crippen LogP) is 3.30. The average Bonchev–Trinajstić information content (AvgIpc) is 3.26. The zero-order chi connectivity index (χ0) is 21.1. The molecule has 1 amide bonds. The summed E-state index contributed by atoms with van der Waals surface area (Å²) in [5.74, 6) is -1.28. The Morgan fingerprint density at radius 2 is 1.90 bits per heavy atom. The van der Waals surface area contributed by atoms with E-state index in [-0.39, 0.29) is 41.9 Å². The lowest BCUT2D eigenvalue weighted by molar-refractivity contribution is -0.135. The molecule has 154 valence electrons. The lowest BCUT2D eigenvalue weighted by atomic mass is 10.2. The highest BCUT2D eigenvalue weighted by molar-refractivity contribution is 8.14. The monoisotopic (exact) mass is 435 g/mol. The molecule has 0 spiro atoms. The molecule has 0 bridgehead atoms. The summed E-state index contributed by atoms with van der Waals surface area (Å²) in [6, 6.07) is 9.76. The van der Waals surface area contributed by atoms with E-state index in [1.165, 1.54) is 23.5 Å². The van der Waals surface area contributed by atoms with Gasteiger partial charge in [0, 0.05) is 12.2 Å². The Balaban J connectivity index is 1.74. The summed E-state index contributed by atoms with van der Waals surface area (Å²) in [5, 5.41) is 4.17. The Bertz CT molecular complexity index is 850. The van der Waals surface area contributed by atoms with Crippen LogP contribution in [0.25, 0.3) is 0 Å². The third-order valence-corrected chi connectivity index (χ3v) is 5.37. The smallest absolute Gasteiger partial charge is 0.341 e. The summed E-state index contributed by atoms with van der Waals surface area (Å²) in [5.41, 5.74) is 0.143. The number of carbonyl (C=O) groups is 4. The molecule has 0 saturated heterocycles. The molecule has 0 aliphatic rings. The van der Waals surface area contributed by atoms with Crippen molar-refractivity contribution >= 4 is 46.1 Å². The number of hydrogen-bond acceptors (Lipinski definition) is 8. The number of carbonyl (C=O) groups excluding carboxylic acids is 4. The van der Waals surface area contributed by atoms with Gasteiger partial charge in [0.15, 0.2) is 0 Å². The van der Waals surface area contributed by atoms with Crippen molar-refractivity contribution in [3.8, 4) is 5.75 Å². The van der Waals surface area contributed by atoms with E-state index >= 15 is 0 Å². The van der Waals surface area contributed by atoms with Crippen molar-refractivity contribution in [2.75, 3.05) is 18.9 Å². The first kappa shape index (κ1) is 22.6. The van der Waals surface area contributed by atoms with Gasteiger partial charge in [-0.3, -0.25) is 9.59 Å². The molecule has 0 unspecified atom stereocenters. The standard InChI is InChI=1S/C20H21NO6S2/c1-2-10-26-19(24)14-6-3-4-7-15(14)27-18(23)13-21-17(22)9-12-29-20(25)16-8-5-11-28-16/h3-8,11H,2,9-10,12-13H2,1H3,(H,21,22). The Morgan fingerprint density at radius 3 is 2.62 bits per heavy atom. The molecule has 7 nitrogen and oxygen atoms in total. The number of esters is 2. The van der Waals surface area contributed by atoms with Crippen molar-refractivity contribution in [1.29, 1.82) is 0 Å². The number of amides is 1. The van der Waals surface area contributed by atoms with Gasteiger partial charge in [0.2, 0.25) is 11.0 Å². The SMILES string of the molecule is CCCOC(=O)c1ccccc1OC(=O)CNC(=O)CCSC(=O)c1cccs1. The maximum Gasteiger partial charge on any atom is 0.341 e. The van der Waals surface area contributed by atoms with Crippen LogP contribution in [0.4, 0.5) is 0 Å². The first-order valence-electron chi connectivity index (χ1n) is 8.95. The maximum absolute atomic E-state index is 12.0. The van der Waals surface area contributed by atoms with E-state index < -0.39 is 11.9 Å². The molecule has 1 heterocycles. The van der Waals surface area contributed by atoms with E-state index in [0.29, 0.717) is 17.1 Å². The molecule has 2 rings (SSSR count). The number of para-hydroxylation sites is 1. The van der Waals surface area contributed by atoms with Crippen LogP contribution in [-0.2, 0) is 14.3 Å². The molecule has 0 aliphatic heterocycles. The first-order chi connectivity index (χ1) is 14.0. The quantitative estimate of drug-likeness (QED) is 0.452. The van der Waals surface area contributed by atoms with Crippen LogP contribution < -0.4 is 10.1 Å². The summed E-state index contributed by atoms with van der Waals surface area (Å²) in [4.78, 5) is 48.3. The van der Waals surface area contributed by atoms with Crippen LogP contribution in [0.15, 0.2) is 41.8 Å². The summed E-state index contributed by atoms with van der Waals surface area (Å²) in [7, 11) is 0. The van der Waals surface area contributed by atoms with Gasteiger partial charge in [0.25, 0.3) is 0 Å². The van der Waals surface area contributed by atoms with Crippen molar-refractivity contribution in [2.45, 2.75) is 19.8 Å². The third kappa shape index (κ3) is 7.71. The van der Waals surface area contributed by atoms with Crippen LogP contribution in [-0.4, -0.2) is 41.9 Å². The zero-order valence-electron chi connectivity index (χ0n) is 15.8. The Hall–Kier alpha value is -2.65. The Labute approximate surface area is 176 Å². The number of nitrogens with one attached hydrogen (secondary N) is 1. The number of rotatable bonds is 10. The van der Waals surface area contributed by atoms with Gasteiger partial charge in [-0.1, -0.05) is 36.9 Å². The van der Waals surface area contributed by atoms with Crippen LogP contribution in [0.3, 0.4) is 0 Å². The van der Waals surface area contributed by atoms with E-state index in [9.17, 15) is 19.2 Å². The predicted molar refractivity (Wildman–Crippen MR) is 111 cm³/mol. The maximum atomic E-state index is 12.0. The molecular formula is C20H21NO6S2. The molecule has 2 aromatic rings. The van der Waals surface area contributed by atoms with Crippen LogP contribution >= 0.6 is 23.1 Å². The van der Waals surface area contributed by atoms with Gasteiger partial charge < -0.3 is 14.8 Å². The molecular weight excluding hydrogens is 414 g/mol. The summed E-state index contributed by atoms with van der Waals surface area (Å²) in [6.07, 6.45) is 0.770. The molecule has 9 heteroatoms. The largest absolute Gasteiger partial charge is 0.462 e. The van der Waals surface area contributed by atoms with Crippen molar-refractivity contribution in [2.24, 2.45) is 0 Å². The Morgan fingerprint density at radius 1 is 1.10 bits per heavy atom. The lowest BCUT2D eigenvalue weighted by Crippen LogP contribution is -2.32. The first-order valence-corrected chi connectivity index (χ1v) is 10.8. The molecule has 0 radical (unpaired) electrons. The molecule has 29 heavy (non-hydrogen) atoms.